The molecule has 0 radical (unpaired) electrons. The van der Waals surface area contributed by atoms with Crippen LogP contribution in [0.4, 0.5) is 0 Å². The lowest BCUT2D eigenvalue weighted by molar-refractivity contribution is 0.0949. The highest BCUT2D eigenvalue weighted by molar-refractivity contribution is 6.02. The van der Waals surface area contributed by atoms with E-state index < -0.39 is 0 Å². The number of hydrogen-bond acceptors (Lipinski definition) is 3. The monoisotopic (exact) mass is 316 g/mol. The summed E-state index contributed by atoms with van der Waals surface area (Å²) in [6.45, 7) is 6.85. The minimum absolute atomic E-state index is 0.113. The number of nitrogens with one attached hydrogen (secondary N) is 2. The first kappa shape index (κ1) is 15.8. The Hall–Kier alpha value is -2.04. The Bertz CT molecular complexity index is 670. The quantitative estimate of drug-likeness (QED) is 0.895. The average Bonchev–Trinajstić information content (AvgIpc) is 3.13. The van der Waals surface area contributed by atoms with Gasteiger partial charge in [-0.3, -0.25) is 9.59 Å². The van der Waals surface area contributed by atoms with E-state index in [0.717, 1.165) is 18.4 Å². The summed E-state index contributed by atoms with van der Waals surface area (Å²) in [5, 5.41) is 5.66. The Labute approximate surface area is 136 Å². The number of carbonyl (C=O) groups is 2. The molecule has 5 heteroatoms. The van der Waals surface area contributed by atoms with Crippen LogP contribution >= 0.6 is 0 Å². The summed E-state index contributed by atoms with van der Waals surface area (Å²) in [4.78, 5) is 24.7. The van der Waals surface area contributed by atoms with Crippen LogP contribution < -0.4 is 15.4 Å². The van der Waals surface area contributed by atoms with Crippen LogP contribution in [0.15, 0.2) is 12.1 Å². The van der Waals surface area contributed by atoms with Gasteiger partial charge in [-0.2, -0.15) is 0 Å². The lowest BCUT2D eigenvalue weighted by Crippen LogP contribution is -2.28. The van der Waals surface area contributed by atoms with Crippen molar-refractivity contribution in [1.82, 2.24) is 10.6 Å². The molecule has 0 spiro atoms. The summed E-state index contributed by atoms with van der Waals surface area (Å²) in [5.74, 6) is 0.815. The van der Waals surface area contributed by atoms with Crippen molar-refractivity contribution >= 4 is 11.8 Å². The molecule has 23 heavy (non-hydrogen) atoms. The lowest BCUT2D eigenvalue weighted by Gasteiger charge is -2.21. The van der Waals surface area contributed by atoms with E-state index in [2.05, 4.69) is 31.4 Å². The second-order valence-corrected chi connectivity index (χ2v) is 6.98. The van der Waals surface area contributed by atoms with E-state index in [1.807, 2.05) is 6.07 Å². The normalized spacial score (nSPS) is 27.8. The van der Waals surface area contributed by atoms with Gasteiger partial charge in [0, 0.05) is 29.6 Å². The van der Waals surface area contributed by atoms with Gasteiger partial charge in [0.2, 0.25) is 0 Å². The minimum Gasteiger partial charge on any atom is -0.492 e. The van der Waals surface area contributed by atoms with E-state index >= 15 is 0 Å². The molecule has 1 aromatic rings. The van der Waals surface area contributed by atoms with Crippen molar-refractivity contribution in [1.29, 1.82) is 0 Å². The van der Waals surface area contributed by atoms with E-state index in [0.29, 0.717) is 29.4 Å². The Morgan fingerprint density at radius 2 is 2.04 bits per heavy atom. The molecule has 2 N–H and O–H groups in total. The molecular weight excluding hydrogens is 292 g/mol. The van der Waals surface area contributed by atoms with E-state index in [4.69, 9.17) is 4.74 Å². The highest BCUT2D eigenvalue weighted by Crippen LogP contribution is 2.43. The summed E-state index contributed by atoms with van der Waals surface area (Å²) < 4.78 is 5.81. The molecule has 0 aromatic heterocycles. The smallest absolute Gasteiger partial charge is 0.254 e. The fraction of sp³-hybridized carbons (Fsp3) is 0.556. The fourth-order valence-corrected chi connectivity index (χ4v) is 3.04. The summed E-state index contributed by atoms with van der Waals surface area (Å²) in [6.07, 6.45) is 1.91. The second-order valence-electron chi connectivity index (χ2n) is 6.98. The molecule has 2 amide bonds. The topological polar surface area (TPSA) is 67.4 Å². The first-order valence-corrected chi connectivity index (χ1v) is 8.24. The summed E-state index contributed by atoms with van der Waals surface area (Å²) in [7, 11) is 1.58. The van der Waals surface area contributed by atoms with Crippen LogP contribution in [0.3, 0.4) is 0 Å². The number of carbonyl (C=O) groups excluding carboxylic acids is 2. The van der Waals surface area contributed by atoms with Crippen molar-refractivity contribution in [2.45, 2.75) is 45.1 Å². The van der Waals surface area contributed by atoms with Gasteiger partial charge in [0.15, 0.2) is 0 Å². The van der Waals surface area contributed by atoms with Gasteiger partial charge < -0.3 is 15.4 Å². The zero-order valence-electron chi connectivity index (χ0n) is 14.2. The molecule has 1 aliphatic carbocycles. The predicted octanol–water partition coefficient (Wildman–Crippen LogP) is 2.24. The van der Waals surface area contributed by atoms with Crippen molar-refractivity contribution in [3.63, 3.8) is 0 Å². The summed E-state index contributed by atoms with van der Waals surface area (Å²) in [6, 6.07) is 3.79. The standard InChI is InChI=1S/C18H24N2O3/c1-5-18(3)9-23-15-12(17(22)19-4)7-11(8-13(15)18)16(21)20-14-6-10(14)2/h7-8,10,14H,5-6,9H2,1-4H3,(H,19,22)(H,20,21)/t10-,14-,18-/m0/s1. The summed E-state index contributed by atoms with van der Waals surface area (Å²) >= 11 is 0. The van der Waals surface area contributed by atoms with Crippen molar-refractivity contribution < 1.29 is 14.3 Å². The molecule has 2 aliphatic rings. The maximum atomic E-state index is 12.5. The molecular formula is C18H24N2O3. The first-order valence-electron chi connectivity index (χ1n) is 8.24. The zero-order valence-corrected chi connectivity index (χ0v) is 14.2. The molecule has 1 fully saturated rings. The number of fused-ring (bicyclic) bond motifs is 1. The van der Waals surface area contributed by atoms with Crippen LogP contribution in [0.2, 0.25) is 0 Å². The molecule has 1 heterocycles. The Morgan fingerprint density at radius 3 is 2.61 bits per heavy atom. The van der Waals surface area contributed by atoms with E-state index in [-0.39, 0.29) is 23.3 Å². The van der Waals surface area contributed by atoms with Gasteiger partial charge in [-0.05, 0) is 30.9 Å². The van der Waals surface area contributed by atoms with Crippen LogP contribution in [0.5, 0.6) is 5.75 Å². The largest absolute Gasteiger partial charge is 0.492 e. The van der Waals surface area contributed by atoms with Gasteiger partial charge in [0.05, 0.1) is 12.2 Å². The van der Waals surface area contributed by atoms with E-state index in [9.17, 15) is 9.59 Å². The molecule has 1 aliphatic heterocycles. The van der Waals surface area contributed by atoms with E-state index in [1.165, 1.54) is 0 Å². The number of benzene rings is 1. The predicted molar refractivity (Wildman–Crippen MR) is 88.0 cm³/mol. The van der Waals surface area contributed by atoms with Crippen LogP contribution in [0, 0.1) is 5.92 Å². The average molecular weight is 316 g/mol. The van der Waals surface area contributed by atoms with Crippen molar-refractivity contribution in [3.8, 4) is 5.75 Å². The van der Waals surface area contributed by atoms with Gasteiger partial charge >= 0.3 is 0 Å². The molecule has 1 saturated carbocycles. The Morgan fingerprint density at radius 1 is 1.35 bits per heavy atom. The van der Waals surface area contributed by atoms with Crippen molar-refractivity contribution in [2.75, 3.05) is 13.7 Å². The van der Waals surface area contributed by atoms with Gasteiger partial charge in [-0.25, -0.2) is 0 Å². The molecule has 124 valence electrons. The Balaban J connectivity index is 2.02. The third kappa shape index (κ3) is 2.69. The molecule has 3 atom stereocenters. The molecule has 0 unspecified atom stereocenters. The molecule has 1 aromatic carbocycles. The maximum absolute atomic E-state index is 12.5. The summed E-state index contributed by atoms with van der Waals surface area (Å²) in [5.41, 5.74) is 1.76. The number of amides is 2. The molecule has 5 nitrogen and oxygen atoms in total. The Kier molecular flexibility index (Phi) is 3.82. The third-order valence-corrected chi connectivity index (χ3v) is 5.21. The third-order valence-electron chi connectivity index (χ3n) is 5.21. The van der Waals surface area contributed by atoms with Gasteiger partial charge in [-0.15, -0.1) is 0 Å². The number of rotatable bonds is 4. The first-order chi connectivity index (χ1) is 10.9. The molecule has 3 rings (SSSR count). The number of hydrogen-bond donors (Lipinski definition) is 2. The number of ether oxygens (including phenoxy) is 1. The second kappa shape index (κ2) is 5.55. The SMILES string of the molecule is CC[C@@]1(C)COc2c(C(=O)NC)cc(C(=O)N[C@H]3C[C@@H]3C)cc21. The van der Waals surface area contributed by atoms with Gasteiger partial charge in [-0.1, -0.05) is 20.8 Å². The van der Waals surface area contributed by atoms with Gasteiger partial charge in [0.1, 0.15) is 5.75 Å². The van der Waals surface area contributed by atoms with Crippen LogP contribution in [0.1, 0.15) is 59.9 Å². The van der Waals surface area contributed by atoms with Gasteiger partial charge in [0.25, 0.3) is 11.8 Å². The molecule has 0 bridgehead atoms. The highest BCUT2D eigenvalue weighted by atomic mass is 16.5. The maximum Gasteiger partial charge on any atom is 0.254 e. The van der Waals surface area contributed by atoms with Crippen molar-refractivity contribution in [2.24, 2.45) is 5.92 Å². The lowest BCUT2D eigenvalue weighted by atomic mass is 9.80. The highest BCUT2D eigenvalue weighted by Gasteiger charge is 2.39. The van der Waals surface area contributed by atoms with E-state index in [1.54, 1.807) is 13.1 Å². The van der Waals surface area contributed by atoms with Crippen LogP contribution in [-0.2, 0) is 5.41 Å². The minimum atomic E-state index is -0.226. The van der Waals surface area contributed by atoms with Crippen LogP contribution in [0.25, 0.3) is 0 Å². The fourth-order valence-electron chi connectivity index (χ4n) is 3.04. The molecule has 0 saturated heterocycles. The van der Waals surface area contributed by atoms with Crippen molar-refractivity contribution in [3.05, 3.63) is 28.8 Å². The van der Waals surface area contributed by atoms with Crippen LogP contribution in [-0.4, -0.2) is 31.5 Å². The zero-order chi connectivity index (χ0) is 16.8.